The third-order valence-electron chi connectivity index (χ3n) is 2.94. The van der Waals surface area contributed by atoms with Gasteiger partial charge in [-0.25, -0.2) is 0 Å². The standard InChI is InChI=1S/C4H7O.3C2H5.Sn/c1-3-5-4-2;3*1-2;/h1,4H2,2H3;3*1H2,2H3;. The summed E-state index contributed by atoms with van der Waals surface area (Å²) in [5.74, 6) is 0. The number of rotatable bonds is 6. The van der Waals surface area contributed by atoms with Gasteiger partial charge in [0.2, 0.25) is 0 Å². The average molecular weight is 277 g/mol. The Kier molecular flexibility index (Phi) is 6.06. The van der Waals surface area contributed by atoms with Crippen LogP contribution >= 0.6 is 0 Å². The van der Waals surface area contributed by atoms with Crippen LogP contribution in [0.4, 0.5) is 0 Å². The topological polar surface area (TPSA) is 9.23 Å². The minimum absolute atomic E-state index is 0.789. The Balaban J connectivity index is 4.36. The van der Waals surface area contributed by atoms with Gasteiger partial charge in [0.15, 0.2) is 0 Å². The Morgan fingerprint density at radius 1 is 1.08 bits per heavy atom. The Labute approximate surface area is 81.1 Å². The van der Waals surface area contributed by atoms with Crippen LogP contribution in [0.1, 0.15) is 27.7 Å². The van der Waals surface area contributed by atoms with E-state index in [1.165, 1.54) is 17.1 Å². The Hall–Kier alpha value is 0.339. The first-order chi connectivity index (χ1) is 5.66. The van der Waals surface area contributed by atoms with Gasteiger partial charge in [-0.2, -0.15) is 0 Å². The number of hydrogen-bond donors (Lipinski definition) is 0. The van der Waals surface area contributed by atoms with Crippen molar-refractivity contribution in [3.05, 3.63) is 10.4 Å². The van der Waals surface area contributed by atoms with E-state index in [2.05, 4.69) is 27.4 Å². The maximum absolute atomic E-state index is 5.58. The van der Waals surface area contributed by atoms with Crippen molar-refractivity contribution in [1.29, 1.82) is 0 Å². The summed E-state index contributed by atoms with van der Waals surface area (Å²) in [6, 6.07) is 0. The SMILES string of the molecule is C=[C](OCC)[Sn]([CH2]C)([CH2]C)[CH2]C. The molecular formula is C10H22OSn. The van der Waals surface area contributed by atoms with Crippen molar-refractivity contribution in [2.75, 3.05) is 6.61 Å². The summed E-state index contributed by atoms with van der Waals surface area (Å²) >= 11 is -2.01. The molecule has 0 radical (unpaired) electrons. The molecule has 12 heavy (non-hydrogen) atoms. The molecule has 1 nitrogen and oxygen atoms in total. The van der Waals surface area contributed by atoms with Crippen LogP contribution in [-0.4, -0.2) is 25.0 Å². The number of hydrogen-bond acceptors (Lipinski definition) is 1. The predicted octanol–water partition coefficient (Wildman–Crippen LogP) is 3.58. The van der Waals surface area contributed by atoms with Crippen LogP contribution in [0.25, 0.3) is 0 Å². The zero-order valence-corrected chi connectivity index (χ0v) is 11.8. The van der Waals surface area contributed by atoms with E-state index in [1.807, 2.05) is 6.92 Å². The summed E-state index contributed by atoms with van der Waals surface area (Å²) in [6.45, 7) is 13.8. The van der Waals surface area contributed by atoms with Gasteiger partial charge >= 0.3 is 81.1 Å². The van der Waals surface area contributed by atoms with E-state index in [-0.39, 0.29) is 0 Å². The van der Waals surface area contributed by atoms with Gasteiger partial charge in [-0.15, -0.1) is 0 Å². The molecule has 0 heterocycles. The van der Waals surface area contributed by atoms with Crippen LogP contribution in [0.3, 0.4) is 0 Å². The van der Waals surface area contributed by atoms with Gasteiger partial charge in [0, 0.05) is 0 Å². The third-order valence-corrected chi connectivity index (χ3v) is 18.3. The fourth-order valence-corrected chi connectivity index (χ4v) is 10.6. The summed E-state index contributed by atoms with van der Waals surface area (Å²) in [7, 11) is 0. The van der Waals surface area contributed by atoms with E-state index in [4.69, 9.17) is 4.74 Å². The molecule has 0 aliphatic heterocycles. The van der Waals surface area contributed by atoms with Crippen molar-refractivity contribution < 1.29 is 4.74 Å². The predicted molar refractivity (Wildman–Crippen MR) is 58.0 cm³/mol. The van der Waals surface area contributed by atoms with Crippen molar-refractivity contribution in [3.63, 3.8) is 0 Å². The molecule has 0 saturated carbocycles. The van der Waals surface area contributed by atoms with Crippen molar-refractivity contribution in [2.24, 2.45) is 0 Å². The van der Waals surface area contributed by atoms with Crippen LogP contribution in [0.5, 0.6) is 0 Å². The summed E-state index contributed by atoms with van der Waals surface area (Å²) in [4.78, 5) is 0. The van der Waals surface area contributed by atoms with E-state index in [0.717, 1.165) is 6.61 Å². The molecule has 0 spiro atoms. The molecule has 0 atom stereocenters. The van der Waals surface area contributed by atoms with E-state index in [9.17, 15) is 0 Å². The normalized spacial score (nSPS) is 11.3. The fraction of sp³-hybridized carbons (Fsp3) is 0.800. The molecule has 0 unspecified atom stereocenters. The van der Waals surface area contributed by atoms with Gasteiger partial charge in [0.1, 0.15) is 0 Å². The minimum atomic E-state index is -2.01. The molecule has 2 heteroatoms. The first-order valence-electron chi connectivity index (χ1n) is 4.99. The molecule has 0 N–H and O–H groups in total. The Morgan fingerprint density at radius 3 is 1.75 bits per heavy atom. The summed E-state index contributed by atoms with van der Waals surface area (Å²) in [5.41, 5.74) is 0. The van der Waals surface area contributed by atoms with Gasteiger partial charge < -0.3 is 0 Å². The van der Waals surface area contributed by atoms with Gasteiger partial charge in [0.25, 0.3) is 0 Å². The maximum atomic E-state index is 5.58. The average Bonchev–Trinajstić information content (AvgIpc) is 2.09. The zero-order chi connectivity index (χ0) is 9.61. The van der Waals surface area contributed by atoms with Gasteiger partial charge in [-0.1, -0.05) is 0 Å². The van der Waals surface area contributed by atoms with Crippen LogP contribution in [0.15, 0.2) is 10.4 Å². The summed E-state index contributed by atoms with van der Waals surface area (Å²) < 4.78 is 10.8. The zero-order valence-electron chi connectivity index (χ0n) is 8.94. The number of ether oxygens (including phenoxy) is 1. The van der Waals surface area contributed by atoms with E-state index in [1.54, 1.807) is 0 Å². The van der Waals surface area contributed by atoms with Crippen molar-refractivity contribution >= 4 is 18.4 Å². The third kappa shape index (κ3) is 2.68. The first kappa shape index (κ1) is 12.3. The van der Waals surface area contributed by atoms with Gasteiger partial charge in [-0.3, -0.25) is 0 Å². The monoisotopic (exact) mass is 278 g/mol. The molecule has 0 aromatic carbocycles. The Morgan fingerprint density at radius 2 is 1.50 bits per heavy atom. The summed E-state index contributed by atoms with van der Waals surface area (Å²) in [5, 5.41) is 0. The van der Waals surface area contributed by atoms with Crippen LogP contribution in [0.2, 0.25) is 13.3 Å². The quantitative estimate of drug-likeness (QED) is 0.532. The van der Waals surface area contributed by atoms with Crippen molar-refractivity contribution in [1.82, 2.24) is 0 Å². The van der Waals surface area contributed by atoms with Crippen molar-refractivity contribution in [2.45, 2.75) is 41.0 Å². The van der Waals surface area contributed by atoms with Gasteiger partial charge in [0.05, 0.1) is 0 Å². The molecule has 0 saturated heterocycles. The molecule has 0 aliphatic carbocycles. The van der Waals surface area contributed by atoms with Crippen LogP contribution in [-0.2, 0) is 4.74 Å². The molecule has 0 aromatic heterocycles. The second kappa shape index (κ2) is 5.89. The Bertz CT molecular complexity index is 131. The van der Waals surface area contributed by atoms with Crippen LogP contribution < -0.4 is 0 Å². The van der Waals surface area contributed by atoms with Crippen LogP contribution in [0, 0.1) is 0 Å². The molecule has 72 valence electrons. The molecule has 0 fully saturated rings. The molecule has 0 bridgehead atoms. The molecule has 0 rings (SSSR count). The van der Waals surface area contributed by atoms with E-state index in [0.29, 0.717) is 0 Å². The first-order valence-corrected chi connectivity index (χ1v) is 12.5. The fourth-order valence-electron chi connectivity index (χ4n) is 1.67. The molecule has 0 aliphatic rings. The van der Waals surface area contributed by atoms with Gasteiger partial charge in [-0.05, 0) is 0 Å². The molecular weight excluding hydrogens is 255 g/mol. The van der Waals surface area contributed by atoms with E-state index < -0.39 is 18.4 Å². The molecule has 0 aromatic rings. The summed E-state index contributed by atoms with van der Waals surface area (Å²) in [6.07, 6.45) is 0. The van der Waals surface area contributed by atoms with Crippen molar-refractivity contribution in [3.8, 4) is 0 Å². The second-order valence-electron chi connectivity index (χ2n) is 3.20. The van der Waals surface area contributed by atoms with E-state index >= 15 is 0 Å². The molecule has 0 amide bonds. The second-order valence-corrected chi connectivity index (χ2v) is 18.2.